The van der Waals surface area contributed by atoms with Crippen molar-refractivity contribution in [3.63, 3.8) is 0 Å². The maximum absolute atomic E-state index is 11.8. The Kier molecular flexibility index (Phi) is 3.96. The first-order valence-corrected chi connectivity index (χ1v) is 6.01. The summed E-state index contributed by atoms with van der Waals surface area (Å²) in [7, 11) is 1.37. The molecule has 1 aliphatic rings. The van der Waals surface area contributed by atoms with Gasteiger partial charge in [0.05, 0.1) is 13.0 Å². The van der Waals surface area contributed by atoms with Gasteiger partial charge in [0.25, 0.3) is 5.91 Å². The summed E-state index contributed by atoms with van der Waals surface area (Å²) in [6.45, 7) is 0. The fraction of sp³-hybridized carbons (Fsp3) is 0.583. The molecule has 0 unspecified atom stereocenters. The van der Waals surface area contributed by atoms with E-state index in [9.17, 15) is 9.59 Å². The van der Waals surface area contributed by atoms with Crippen molar-refractivity contribution >= 4 is 11.9 Å². The molecule has 1 N–H and O–H groups in total. The average Bonchev–Trinajstić information content (AvgIpc) is 2.92. The third-order valence-corrected chi connectivity index (χ3v) is 3.26. The molecule has 1 aromatic heterocycles. The summed E-state index contributed by atoms with van der Waals surface area (Å²) in [5, 5.41) is 6.39. The molecule has 1 amide bonds. The van der Waals surface area contributed by atoms with Crippen LogP contribution in [-0.4, -0.2) is 30.2 Å². The quantitative estimate of drug-likeness (QED) is 0.816. The van der Waals surface area contributed by atoms with E-state index in [0.717, 1.165) is 25.7 Å². The summed E-state index contributed by atoms with van der Waals surface area (Å²) in [6.07, 6.45) is 4.85. The SMILES string of the molecule is COC(=O)[C@@H]1CCCC[C@H]1NC(=O)c1ccon1. The normalized spacial score (nSPS) is 23.4. The number of nitrogens with one attached hydrogen (secondary N) is 1. The van der Waals surface area contributed by atoms with E-state index in [1.54, 1.807) is 0 Å². The molecule has 0 radical (unpaired) electrons. The number of rotatable bonds is 3. The molecule has 6 nitrogen and oxygen atoms in total. The van der Waals surface area contributed by atoms with Gasteiger partial charge >= 0.3 is 5.97 Å². The van der Waals surface area contributed by atoms with Crippen LogP contribution in [0.4, 0.5) is 0 Å². The second kappa shape index (κ2) is 5.66. The number of aromatic nitrogens is 1. The van der Waals surface area contributed by atoms with Crippen molar-refractivity contribution < 1.29 is 18.8 Å². The van der Waals surface area contributed by atoms with Gasteiger partial charge in [0.1, 0.15) is 6.26 Å². The van der Waals surface area contributed by atoms with Crippen molar-refractivity contribution in [1.29, 1.82) is 0 Å². The molecule has 1 aliphatic carbocycles. The molecule has 6 heteroatoms. The molecule has 0 saturated heterocycles. The van der Waals surface area contributed by atoms with Gasteiger partial charge in [-0.1, -0.05) is 18.0 Å². The van der Waals surface area contributed by atoms with Crippen LogP contribution in [0.2, 0.25) is 0 Å². The number of ether oxygens (including phenoxy) is 1. The first-order chi connectivity index (χ1) is 8.72. The molecule has 2 atom stereocenters. The Balaban J connectivity index is 2.01. The molecule has 0 bridgehead atoms. The summed E-state index contributed by atoms with van der Waals surface area (Å²) in [6, 6.07) is 1.31. The molecule has 0 aromatic carbocycles. The predicted molar refractivity (Wildman–Crippen MR) is 61.7 cm³/mol. The topological polar surface area (TPSA) is 81.4 Å². The summed E-state index contributed by atoms with van der Waals surface area (Å²) in [5.41, 5.74) is 0.226. The molecule has 0 spiro atoms. The van der Waals surface area contributed by atoms with E-state index < -0.39 is 0 Å². The zero-order valence-electron chi connectivity index (χ0n) is 10.2. The lowest BCUT2D eigenvalue weighted by atomic mass is 9.84. The molecule has 1 fully saturated rings. The van der Waals surface area contributed by atoms with Gasteiger partial charge in [-0.05, 0) is 12.8 Å². The zero-order valence-corrected chi connectivity index (χ0v) is 10.2. The lowest BCUT2D eigenvalue weighted by molar-refractivity contribution is -0.147. The van der Waals surface area contributed by atoms with Crippen LogP contribution in [0.3, 0.4) is 0 Å². The number of esters is 1. The van der Waals surface area contributed by atoms with Gasteiger partial charge in [-0.3, -0.25) is 9.59 Å². The summed E-state index contributed by atoms with van der Waals surface area (Å²) < 4.78 is 9.39. The third-order valence-electron chi connectivity index (χ3n) is 3.26. The standard InChI is InChI=1S/C12H16N2O4/c1-17-12(16)8-4-2-3-5-9(8)13-11(15)10-6-7-18-14-10/h6-9H,2-5H2,1H3,(H,13,15)/t8-,9-/m1/s1. The van der Waals surface area contributed by atoms with Crippen molar-refractivity contribution in [3.05, 3.63) is 18.0 Å². The van der Waals surface area contributed by atoms with E-state index >= 15 is 0 Å². The molecule has 1 heterocycles. The minimum atomic E-state index is -0.315. The van der Waals surface area contributed by atoms with E-state index in [1.807, 2.05) is 0 Å². The van der Waals surface area contributed by atoms with E-state index in [4.69, 9.17) is 4.74 Å². The number of hydrogen-bond donors (Lipinski definition) is 1. The van der Waals surface area contributed by atoms with Gasteiger partial charge in [-0.15, -0.1) is 0 Å². The van der Waals surface area contributed by atoms with Crippen molar-refractivity contribution in [2.24, 2.45) is 5.92 Å². The Bertz CT molecular complexity index is 416. The Labute approximate surface area is 105 Å². The Morgan fingerprint density at radius 1 is 1.44 bits per heavy atom. The maximum Gasteiger partial charge on any atom is 0.310 e. The molecule has 2 rings (SSSR count). The fourth-order valence-electron chi connectivity index (χ4n) is 2.31. The van der Waals surface area contributed by atoms with Crippen LogP contribution in [0, 0.1) is 5.92 Å². The smallest absolute Gasteiger partial charge is 0.310 e. The van der Waals surface area contributed by atoms with Crippen molar-refractivity contribution in [2.45, 2.75) is 31.7 Å². The first-order valence-electron chi connectivity index (χ1n) is 6.01. The number of nitrogens with zero attached hydrogens (tertiary/aromatic N) is 1. The van der Waals surface area contributed by atoms with E-state index in [2.05, 4.69) is 15.0 Å². The Morgan fingerprint density at radius 3 is 2.89 bits per heavy atom. The lowest BCUT2D eigenvalue weighted by Crippen LogP contribution is -2.45. The maximum atomic E-state index is 11.8. The van der Waals surface area contributed by atoms with Gasteiger partial charge in [0.15, 0.2) is 5.69 Å². The Hall–Kier alpha value is -1.85. The van der Waals surface area contributed by atoms with Gasteiger partial charge < -0.3 is 14.6 Å². The fourth-order valence-corrected chi connectivity index (χ4v) is 2.31. The predicted octanol–water partition coefficient (Wildman–Crippen LogP) is 1.14. The van der Waals surface area contributed by atoms with Crippen molar-refractivity contribution in [1.82, 2.24) is 10.5 Å². The highest BCUT2D eigenvalue weighted by Gasteiger charge is 2.33. The average molecular weight is 252 g/mol. The monoisotopic (exact) mass is 252 g/mol. The largest absolute Gasteiger partial charge is 0.469 e. The molecule has 1 saturated carbocycles. The molecule has 98 valence electrons. The highest BCUT2D eigenvalue weighted by Crippen LogP contribution is 2.25. The number of carbonyl (C=O) groups excluding carboxylic acids is 2. The summed E-state index contributed by atoms with van der Waals surface area (Å²) >= 11 is 0. The van der Waals surface area contributed by atoms with Gasteiger partial charge in [-0.25, -0.2) is 0 Å². The number of hydrogen-bond acceptors (Lipinski definition) is 5. The van der Waals surface area contributed by atoms with E-state index in [0.29, 0.717) is 0 Å². The molecule has 0 aliphatic heterocycles. The van der Waals surface area contributed by atoms with Gasteiger partial charge in [0.2, 0.25) is 0 Å². The zero-order chi connectivity index (χ0) is 13.0. The van der Waals surface area contributed by atoms with Crippen LogP contribution >= 0.6 is 0 Å². The lowest BCUT2D eigenvalue weighted by Gasteiger charge is -2.29. The van der Waals surface area contributed by atoms with Crippen LogP contribution in [0.1, 0.15) is 36.2 Å². The number of amides is 1. The van der Waals surface area contributed by atoms with E-state index in [-0.39, 0.29) is 29.5 Å². The first kappa shape index (κ1) is 12.6. The summed E-state index contributed by atoms with van der Waals surface area (Å²) in [5.74, 6) is -0.843. The van der Waals surface area contributed by atoms with Crippen molar-refractivity contribution in [2.75, 3.05) is 7.11 Å². The highest BCUT2D eigenvalue weighted by molar-refractivity contribution is 5.92. The number of carbonyl (C=O) groups is 2. The van der Waals surface area contributed by atoms with Crippen LogP contribution in [0.5, 0.6) is 0 Å². The second-order valence-corrected chi connectivity index (χ2v) is 4.38. The molecule has 1 aromatic rings. The molecule has 18 heavy (non-hydrogen) atoms. The third kappa shape index (κ3) is 2.69. The highest BCUT2D eigenvalue weighted by atomic mass is 16.5. The van der Waals surface area contributed by atoms with Crippen LogP contribution in [0.15, 0.2) is 16.9 Å². The Morgan fingerprint density at radius 2 is 2.22 bits per heavy atom. The van der Waals surface area contributed by atoms with Crippen LogP contribution < -0.4 is 5.32 Å². The molecular weight excluding hydrogens is 236 g/mol. The summed E-state index contributed by atoms with van der Waals surface area (Å²) in [4.78, 5) is 23.5. The van der Waals surface area contributed by atoms with Gasteiger partial charge in [0, 0.05) is 12.1 Å². The molecular formula is C12H16N2O4. The van der Waals surface area contributed by atoms with Crippen LogP contribution in [0.25, 0.3) is 0 Å². The minimum Gasteiger partial charge on any atom is -0.469 e. The van der Waals surface area contributed by atoms with Gasteiger partial charge in [-0.2, -0.15) is 0 Å². The second-order valence-electron chi connectivity index (χ2n) is 4.38. The number of methoxy groups -OCH3 is 1. The minimum absolute atomic E-state index is 0.185. The van der Waals surface area contributed by atoms with Crippen molar-refractivity contribution in [3.8, 4) is 0 Å². The van der Waals surface area contributed by atoms with Crippen LogP contribution in [-0.2, 0) is 9.53 Å². The van der Waals surface area contributed by atoms with E-state index in [1.165, 1.54) is 19.4 Å².